The summed E-state index contributed by atoms with van der Waals surface area (Å²) < 4.78 is 63.8. The summed E-state index contributed by atoms with van der Waals surface area (Å²) >= 11 is 0. The molecule has 0 aliphatic heterocycles. The second-order valence-corrected chi connectivity index (χ2v) is 7.75. The van der Waals surface area contributed by atoms with Gasteiger partial charge in [-0.25, -0.2) is 18.2 Å². The molecule has 2 aromatic carbocycles. The lowest BCUT2D eigenvalue weighted by molar-refractivity contribution is -0.141. The number of hydrogen-bond acceptors (Lipinski definition) is 3. The minimum atomic E-state index is -4.61. The van der Waals surface area contributed by atoms with Gasteiger partial charge in [-0.1, -0.05) is 29.8 Å². The molecular weight excluding hydrogens is 379 g/mol. The van der Waals surface area contributed by atoms with Crippen LogP contribution in [0.3, 0.4) is 0 Å². The molecule has 0 bridgehead atoms. The maximum atomic E-state index is 13.2. The van der Waals surface area contributed by atoms with Crippen molar-refractivity contribution < 1.29 is 21.6 Å². The van der Waals surface area contributed by atoms with Gasteiger partial charge in [-0.15, -0.1) is 0 Å². The van der Waals surface area contributed by atoms with Crippen molar-refractivity contribution in [3.63, 3.8) is 0 Å². The van der Waals surface area contributed by atoms with Crippen molar-refractivity contribution in [1.82, 2.24) is 9.78 Å². The number of alkyl halides is 3. The van der Waals surface area contributed by atoms with E-state index in [0.717, 1.165) is 16.3 Å². The average Bonchev–Trinajstić information content (AvgIpc) is 3.00. The molecule has 27 heavy (non-hydrogen) atoms. The van der Waals surface area contributed by atoms with E-state index < -0.39 is 21.9 Å². The highest BCUT2D eigenvalue weighted by Crippen LogP contribution is 2.34. The Morgan fingerprint density at radius 1 is 1.00 bits per heavy atom. The van der Waals surface area contributed by atoms with Crippen LogP contribution in [0.5, 0.6) is 0 Å². The van der Waals surface area contributed by atoms with Gasteiger partial charge in [-0.2, -0.15) is 18.3 Å². The Balaban J connectivity index is 2.23. The first-order valence-electron chi connectivity index (χ1n) is 7.85. The van der Waals surface area contributed by atoms with Gasteiger partial charge in [0.15, 0.2) is 5.69 Å². The minimum Gasteiger partial charge on any atom is -0.232 e. The number of nitrogens with two attached hydrogens (primary N) is 1. The summed E-state index contributed by atoms with van der Waals surface area (Å²) in [6, 6.07) is 11.9. The summed E-state index contributed by atoms with van der Waals surface area (Å²) in [7, 11) is -3.92. The van der Waals surface area contributed by atoms with Gasteiger partial charge in [0.2, 0.25) is 10.0 Å². The third-order valence-corrected chi connectivity index (χ3v) is 4.98. The topological polar surface area (TPSA) is 78.0 Å². The Bertz CT molecular complexity index is 1100. The number of aryl methyl sites for hydroxylation is 2. The molecule has 0 saturated heterocycles. The quantitative estimate of drug-likeness (QED) is 0.732. The number of rotatable bonds is 3. The zero-order valence-corrected chi connectivity index (χ0v) is 15.3. The maximum absolute atomic E-state index is 13.2. The van der Waals surface area contributed by atoms with Gasteiger partial charge >= 0.3 is 6.18 Å². The second kappa shape index (κ2) is 6.50. The first kappa shape index (κ1) is 19.1. The lowest BCUT2D eigenvalue weighted by Gasteiger charge is -2.12. The van der Waals surface area contributed by atoms with Crippen molar-refractivity contribution in [3.05, 3.63) is 65.4 Å². The summed E-state index contributed by atoms with van der Waals surface area (Å²) in [5.41, 5.74) is 1.48. The standard InChI is InChI=1S/C18H16F3N3O2S/c1-11-3-5-13(6-4-11)16-10-17(18(19,20)21)23-24(16)15-8-7-14(9-12(15)2)27(22,25)26/h3-10H,1-2H3,(H2,22,25,26). The molecule has 5 nitrogen and oxygen atoms in total. The van der Waals surface area contributed by atoms with Crippen molar-refractivity contribution in [2.24, 2.45) is 5.14 Å². The van der Waals surface area contributed by atoms with Gasteiger partial charge in [0.25, 0.3) is 0 Å². The molecular formula is C18H16F3N3O2S. The molecule has 0 unspecified atom stereocenters. The zero-order valence-electron chi connectivity index (χ0n) is 14.4. The molecule has 0 fully saturated rings. The van der Waals surface area contributed by atoms with Crippen LogP contribution in [0, 0.1) is 13.8 Å². The molecule has 9 heteroatoms. The molecule has 0 amide bonds. The van der Waals surface area contributed by atoms with Gasteiger partial charge in [0.05, 0.1) is 16.3 Å². The summed E-state index contributed by atoms with van der Waals surface area (Å²) in [4.78, 5) is -0.121. The van der Waals surface area contributed by atoms with E-state index in [2.05, 4.69) is 5.10 Å². The van der Waals surface area contributed by atoms with Crippen LogP contribution in [-0.4, -0.2) is 18.2 Å². The monoisotopic (exact) mass is 395 g/mol. The minimum absolute atomic E-state index is 0.121. The van der Waals surface area contributed by atoms with Crippen LogP contribution in [0.2, 0.25) is 0 Å². The molecule has 3 rings (SSSR count). The normalized spacial score (nSPS) is 12.4. The van der Waals surface area contributed by atoms with Crippen LogP contribution < -0.4 is 5.14 Å². The molecule has 3 aromatic rings. The van der Waals surface area contributed by atoms with Crippen LogP contribution in [0.4, 0.5) is 13.2 Å². The fraction of sp³-hybridized carbons (Fsp3) is 0.167. The number of sulfonamides is 1. The Morgan fingerprint density at radius 2 is 1.63 bits per heavy atom. The Hall–Kier alpha value is -2.65. The van der Waals surface area contributed by atoms with Crippen molar-refractivity contribution in [2.75, 3.05) is 0 Å². The number of hydrogen-bond donors (Lipinski definition) is 1. The third-order valence-electron chi connectivity index (χ3n) is 4.07. The highest BCUT2D eigenvalue weighted by Gasteiger charge is 2.35. The Kier molecular flexibility index (Phi) is 4.61. The highest BCUT2D eigenvalue weighted by atomic mass is 32.2. The molecule has 0 radical (unpaired) electrons. The van der Waals surface area contributed by atoms with E-state index >= 15 is 0 Å². The second-order valence-electron chi connectivity index (χ2n) is 6.18. The largest absolute Gasteiger partial charge is 0.435 e. The van der Waals surface area contributed by atoms with E-state index in [4.69, 9.17) is 5.14 Å². The number of aromatic nitrogens is 2. The van der Waals surface area contributed by atoms with E-state index in [1.165, 1.54) is 18.2 Å². The third kappa shape index (κ3) is 3.88. The molecule has 0 saturated carbocycles. The van der Waals surface area contributed by atoms with Gasteiger partial charge in [0.1, 0.15) is 0 Å². The smallest absolute Gasteiger partial charge is 0.232 e. The SMILES string of the molecule is Cc1ccc(-c2cc(C(F)(F)F)nn2-c2ccc(S(N)(=O)=O)cc2C)cc1. The van der Waals surface area contributed by atoms with E-state index in [1.54, 1.807) is 31.2 Å². The number of halogens is 3. The predicted molar refractivity (Wildman–Crippen MR) is 94.8 cm³/mol. The lowest BCUT2D eigenvalue weighted by atomic mass is 10.1. The maximum Gasteiger partial charge on any atom is 0.435 e. The van der Waals surface area contributed by atoms with Crippen molar-refractivity contribution in [3.8, 4) is 16.9 Å². The lowest BCUT2D eigenvalue weighted by Crippen LogP contribution is -2.13. The number of benzene rings is 2. The fourth-order valence-corrected chi connectivity index (χ4v) is 3.27. The van der Waals surface area contributed by atoms with Crippen LogP contribution in [0.1, 0.15) is 16.8 Å². The molecule has 0 aliphatic rings. The summed E-state index contributed by atoms with van der Waals surface area (Å²) in [6.07, 6.45) is -4.61. The van der Waals surface area contributed by atoms with Gasteiger partial charge in [0, 0.05) is 5.56 Å². The van der Waals surface area contributed by atoms with E-state index in [9.17, 15) is 21.6 Å². The predicted octanol–water partition coefficient (Wildman–Crippen LogP) is 3.82. The van der Waals surface area contributed by atoms with Crippen molar-refractivity contribution in [1.29, 1.82) is 0 Å². The molecule has 1 heterocycles. The summed E-state index contributed by atoms with van der Waals surface area (Å²) in [6.45, 7) is 3.45. The first-order chi connectivity index (χ1) is 12.5. The van der Waals surface area contributed by atoms with E-state index in [-0.39, 0.29) is 10.6 Å². The van der Waals surface area contributed by atoms with Crippen LogP contribution >= 0.6 is 0 Å². The molecule has 2 N–H and O–H groups in total. The molecule has 0 aliphatic carbocycles. The van der Waals surface area contributed by atoms with Gasteiger partial charge in [-0.3, -0.25) is 0 Å². The van der Waals surface area contributed by atoms with Crippen molar-refractivity contribution >= 4 is 10.0 Å². The van der Waals surface area contributed by atoms with Gasteiger partial charge < -0.3 is 0 Å². The number of primary sulfonamides is 1. The molecule has 0 atom stereocenters. The number of nitrogens with zero attached hydrogens (tertiary/aromatic N) is 2. The van der Waals surface area contributed by atoms with Crippen molar-refractivity contribution in [2.45, 2.75) is 24.9 Å². The fourth-order valence-electron chi connectivity index (χ4n) is 2.68. The summed E-state index contributed by atoms with van der Waals surface area (Å²) in [5, 5.41) is 8.83. The Labute approximate surface area is 154 Å². The summed E-state index contributed by atoms with van der Waals surface area (Å²) in [5.74, 6) is 0. The van der Waals surface area contributed by atoms with Gasteiger partial charge in [-0.05, 0) is 43.7 Å². The average molecular weight is 395 g/mol. The highest BCUT2D eigenvalue weighted by molar-refractivity contribution is 7.89. The van der Waals surface area contributed by atoms with Crippen LogP contribution in [-0.2, 0) is 16.2 Å². The van der Waals surface area contributed by atoms with Crippen LogP contribution in [0.15, 0.2) is 53.4 Å². The Morgan fingerprint density at radius 3 is 2.15 bits per heavy atom. The van der Waals surface area contributed by atoms with E-state index in [0.29, 0.717) is 16.8 Å². The molecule has 1 aromatic heterocycles. The zero-order chi connectivity index (χ0) is 20.0. The van der Waals surface area contributed by atoms with E-state index in [1.807, 2.05) is 6.92 Å². The van der Waals surface area contributed by atoms with Crippen LogP contribution in [0.25, 0.3) is 16.9 Å². The first-order valence-corrected chi connectivity index (χ1v) is 9.39. The molecule has 0 spiro atoms. The molecule has 142 valence electrons.